The molecule has 1 aromatic heterocycles. The fourth-order valence-electron chi connectivity index (χ4n) is 2.27. The van der Waals surface area contributed by atoms with Crippen LogP contribution in [0.2, 0.25) is 0 Å². The van der Waals surface area contributed by atoms with Crippen LogP contribution in [-0.4, -0.2) is 35.9 Å². The van der Waals surface area contributed by atoms with Crippen LogP contribution in [0.25, 0.3) is 0 Å². The van der Waals surface area contributed by atoms with Crippen molar-refractivity contribution >= 4 is 17.2 Å². The van der Waals surface area contributed by atoms with E-state index in [-0.39, 0.29) is 5.91 Å². The summed E-state index contributed by atoms with van der Waals surface area (Å²) in [4.78, 5) is 19.4. The first kappa shape index (κ1) is 13.5. The number of carbonyl (C=O) groups excluding carboxylic acids is 1. The van der Waals surface area contributed by atoms with E-state index in [1.165, 1.54) is 4.88 Å². The monoisotopic (exact) mass is 267 g/mol. The van der Waals surface area contributed by atoms with E-state index >= 15 is 0 Å². The topological polar surface area (TPSA) is 45.2 Å². The Bertz CT molecular complexity index is 399. The van der Waals surface area contributed by atoms with Gasteiger partial charge in [-0.25, -0.2) is 4.98 Å². The van der Waals surface area contributed by atoms with Crippen molar-refractivity contribution in [2.75, 3.05) is 20.1 Å². The van der Waals surface area contributed by atoms with Gasteiger partial charge in [0.05, 0.1) is 17.7 Å². The third-order valence-electron chi connectivity index (χ3n) is 3.57. The molecule has 0 radical (unpaired) electrons. The molecule has 0 unspecified atom stereocenters. The van der Waals surface area contributed by atoms with Crippen molar-refractivity contribution in [1.29, 1.82) is 0 Å². The van der Waals surface area contributed by atoms with E-state index in [1.54, 1.807) is 11.3 Å². The second kappa shape index (κ2) is 6.29. The van der Waals surface area contributed by atoms with Crippen LogP contribution in [0.1, 0.15) is 29.8 Å². The molecule has 1 aliphatic heterocycles. The summed E-state index contributed by atoms with van der Waals surface area (Å²) in [5, 5.41) is 3.33. The summed E-state index contributed by atoms with van der Waals surface area (Å²) >= 11 is 1.63. The van der Waals surface area contributed by atoms with Crippen molar-refractivity contribution in [3.05, 3.63) is 16.1 Å². The molecule has 2 heterocycles. The van der Waals surface area contributed by atoms with E-state index in [1.807, 2.05) is 24.4 Å². The summed E-state index contributed by atoms with van der Waals surface area (Å²) in [6.07, 6.45) is 2.94. The number of amides is 1. The number of hydrogen-bond donors (Lipinski definition) is 1. The van der Waals surface area contributed by atoms with E-state index in [9.17, 15) is 4.79 Å². The molecule has 1 aliphatic rings. The molecule has 0 spiro atoms. The van der Waals surface area contributed by atoms with Crippen LogP contribution in [0, 0.1) is 12.8 Å². The van der Waals surface area contributed by atoms with Gasteiger partial charge in [-0.1, -0.05) is 0 Å². The highest BCUT2D eigenvalue weighted by Gasteiger charge is 2.19. The number of rotatable bonds is 4. The Labute approximate surface area is 112 Å². The Balaban J connectivity index is 1.83. The SMILES string of the molecule is Cc1ncsc1CN(C)C(=O)CC1CCNCC1. The van der Waals surface area contributed by atoms with Gasteiger partial charge in [0.1, 0.15) is 0 Å². The molecule has 4 nitrogen and oxygen atoms in total. The minimum absolute atomic E-state index is 0.259. The minimum Gasteiger partial charge on any atom is -0.341 e. The maximum absolute atomic E-state index is 12.1. The summed E-state index contributed by atoms with van der Waals surface area (Å²) in [6.45, 7) is 4.79. The zero-order valence-electron chi connectivity index (χ0n) is 11.1. The van der Waals surface area contributed by atoms with Gasteiger partial charge in [-0.3, -0.25) is 4.79 Å². The first-order valence-corrected chi connectivity index (χ1v) is 7.38. The van der Waals surface area contributed by atoms with E-state index in [2.05, 4.69) is 10.3 Å². The molecule has 0 saturated carbocycles. The van der Waals surface area contributed by atoms with Gasteiger partial charge in [-0.05, 0) is 38.8 Å². The van der Waals surface area contributed by atoms with Crippen LogP contribution in [0.4, 0.5) is 0 Å². The molecular formula is C13H21N3OS. The Hall–Kier alpha value is -0.940. The maximum atomic E-state index is 12.1. The molecule has 1 N–H and O–H groups in total. The molecule has 2 rings (SSSR count). The first-order valence-electron chi connectivity index (χ1n) is 6.50. The average molecular weight is 267 g/mol. The highest BCUT2D eigenvalue weighted by Crippen LogP contribution is 2.19. The number of nitrogens with zero attached hydrogens (tertiary/aromatic N) is 2. The number of carbonyl (C=O) groups is 1. The van der Waals surface area contributed by atoms with Gasteiger partial charge >= 0.3 is 0 Å². The Morgan fingerprint density at radius 3 is 2.89 bits per heavy atom. The van der Waals surface area contributed by atoms with Gasteiger partial charge in [0.2, 0.25) is 5.91 Å². The van der Waals surface area contributed by atoms with Crippen LogP contribution >= 0.6 is 11.3 Å². The van der Waals surface area contributed by atoms with Crippen LogP contribution < -0.4 is 5.32 Å². The van der Waals surface area contributed by atoms with Crippen LogP contribution in [0.5, 0.6) is 0 Å². The Kier molecular flexibility index (Phi) is 4.72. The Morgan fingerprint density at radius 2 is 2.28 bits per heavy atom. The Morgan fingerprint density at radius 1 is 1.56 bits per heavy atom. The predicted octanol–water partition coefficient (Wildman–Crippen LogP) is 1.80. The van der Waals surface area contributed by atoms with Crippen molar-refractivity contribution < 1.29 is 4.79 Å². The summed E-state index contributed by atoms with van der Waals surface area (Å²) < 4.78 is 0. The zero-order valence-corrected chi connectivity index (χ0v) is 11.9. The lowest BCUT2D eigenvalue weighted by Crippen LogP contribution is -2.33. The molecule has 0 atom stereocenters. The number of nitrogens with one attached hydrogen (secondary N) is 1. The van der Waals surface area contributed by atoms with Gasteiger partial charge in [0.25, 0.3) is 0 Å². The number of piperidine rings is 1. The van der Waals surface area contributed by atoms with Crippen molar-refractivity contribution in [2.45, 2.75) is 32.7 Å². The van der Waals surface area contributed by atoms with Crippen molar-refractivity contribution in [1.82, 2.24) is 15.2 Å². The number of thiazole rings is 1. The molecular weight excluding hydrogens is 246 g/mol. The lowest BCUT2D eigenvalue weighted by atomic mass is 9.94. The van der Waals surface area contributed by atoms with Crippen LogP contribution in [0.15, 0.2) is 5.51 Å². The van der Waals surface area contributed by atoms with Crippen LogP contribution in [0.3, 0.4) is 0 Å². The van der Waals surface area contributed by atoms with Gasteiger partial charge in [0, 0.05) is 18.3 Å². The molecule has 0 bridgehead atoms. The molecule has 5 heteroatoms. The van der Waals surface area contributed by atoms with Gasteiger partial charge in [0.15, 0.2) is 0 Å². The van der Waals surface area contributed by atoms with E-state index in [0.717, 1.165) is 31.6 Å². The van der Waals surface area contributed by atoms with Gasteiger partial charge in [-0.15, -0.1) is 11.3 Å². The number of hydrogen-bond acceptors (Lipinski definition) is 4. The summed E-state index contributed by atoms with van der Waals surface area (Å²) in [6, 6.07) is 0. The fourth-order valence-corrected chi connectivity index (χ4v) is 3.10. The molecule has 1 fully saturated rings. The molecule has 0 aromatic carbocycles. The second-order valence-corrected chi connectivity index (χ2v) is 5.95. The van der Waals surface area contributed by atoms with Crippen molar-refractivity contribution in [3.63, 3.8) is 0 Å². The highest BCUT2D eigenvalue weighted by atomic mass is 32.1. The molecule has 1 saturated heterocycles. The molecule has 0 aliphatic carbocycles. The third kappa shape index (κ3) is 3.53. The van der Waals surface area contributed by atoms with E-state index < -0.39 is 0 Å². The van der Waals surface area contributed by atoms with Crippen molar-refractivity contribution in [3.8, 4) is 0 Å². The summed E-state index contributed by atoms with van der Waals surface area (Å²) in [5.41, 5.74) is 2.89. The molecule has 100 valence electrons. The normalized spacial score (nSPS) is 16.8. The van der Waals surface area contributed by atoms with E-state index in [0.29, 0.717) is 18.9 Å². The largest absolute Gasteiger partial charge is 0.341 e. The maximum Gasteiger partial charge on any atom is 0.222 e. The second-order valence-electron chi connectivity index (χ2n) is 5.01. The van der Waals surface area contributed by atoms with Crippen molar-refractivity contribution in [2.24, 2.45) is 5.92 Å². The lowest BCUT2D eigenvalue weighted by molar-refractivity contribution is -0.131. The molecule has 18 heavy (non-hydrogen) atoms. The third-order valence-corrected chi connectivity index (χ3v) is 4.49. The van der Waals surface area contributed by atoms with Gasteiger partial charge in [-0.2, -0.15) is 0 Å². The highest BCUT2D eigenvalue weighted by molar-refractivity contribution is 7.09. The summed E-state index contributed by atoms with van der Waals surface area (Å²) in [7, 11) is 1.89. The van der Waals surface area contributed by atoms with Crippen LogP contribution in [-0.2, 0) is 11.3 Å². The smallest absolute Gasteiger partial charge is 0.222 e. The van der Waals surface area contributed by atoms with E-state index in [4.69, 9.17) is 0 Å². The summed E-state index contributed by atoms with van der Waals surface area (Å²) in [5.74, 6) is 0.818. The standard InChI is InChI=1S/C13H21N3OS/c1-10-12(18-9-15-10)8-16(2)13(17)7-11-3-5-14-6-4-11/h9,11,14H,3-8H2,1-2H3. The predicted molar refractivity (Wildman–Crippen MR) is 73.5 cm³/mol. The minimum atomic E-state index is 0.259. The average Bonchev–Trinajstić information content (AvgIpc) is 2.76. The van der Waals surface area contributed by atoms with Gasteiger partial charge < -0.3 is 10.2 Å². The lowest BCUT2D eigenvalue weighted by Gasteiger charge is -2.24. The molecule has 1 amide bonds. The first-order chi connectivity index (χ1) is 8.66. The number of aromatic nitrogens is 1. The number of aryl methyl sites for hydroxylation is 1. The quantitative estimate of drug-likeness (QED) is 0.905. The zero-order chi connectivity index (χ0) is 13.0. The fraction of sp³-hybridized carbons (Fsp3) is 0.692. The molecule has 1 aromatic rings.